The van der Waals surface area contributed by atoms with Crippen LogP contribution in [0, 0.1) is 0 Å². The molecule has 512 valence electrons. The molecule has 24 N–H and O–H groups in total. The van der Waals surface area contributed by atoms with Gasteiger partial charge in [-0.3, -0.25) is 0 Å². The first kappa shape index (κ1) is 70.7. The van der Waals surface area contributed by atoms with Crippen molar-refractivity contribution >= 4 is 0 Å². The summed E-state index contributed by atoms with van der Waals surface area (Å²) in [6.45, 7) is -8.64. The van der Waals surface area contributed by atoms with Gasteiger partial charge in [-0.2, -0.15) is 0 Å². The van der Waals surface area contributed by atoms with Crippen molar-refractivity contribution in [3.63, 3.8) is 0 Å². The van der Waals surface area contributed by atoms with Gasteiger partial charge in [-0.15, -0.1) is 0 Å². The highest BCUT2D eigenvalue weighted by molar-refractivity contribution is 5.02. The first-order valence-electron chi connectivity index (χ1n) is 28.1. The van der Waals surface area contributed by atoms with E-state index in [1.54, 1.807) is 0 Å². The fourth-order valence-corrected chi connectivity index (χ4v) is 11.9. The molecule has 0 aromatic heterocycles. The summed E-state index contributed by atoms with van der Waals surface area (Å²) in [5.41, 5.74) is 0. The Bertz CT molecular complexity index is 1700. The number of aliphatic hydroxyl groups excluding tert-OH is 24. The van der Waals surface area contributed by atoms with E-state index in [2.05, 4.69) is 0 Å². The molecule has 40 nitrogen and oxygen atoms in total. The summed E-state index contributed by atoms with van der Waals surface area (Å²) < 4.78 is 91.1. The fourth-order valence-electron chi connectivity index (χ4n) is 11.9. The fraction of sp³-hybridized carbons (Fsp3) is 1.00. The van der Waals surface area contributed by atoms with Gasteiger partial charge in [0.15, 0.2) is 50.3 Å². The third-order valence-electron chi connectivity index (χ3n) is 16.9. The maximum Gasteiger partial charge on any atom is 0.187 e. The van der Waals surface area contributed by atoms with Crippen molar-refractivity contribution in [2.75, 3.05) is 52.9 Å². The van der Waals surface area contributed by atoms with Crippen molar-refractivity contribution in [3.8, 4) is 0 Å². The van der Waals surface area contributed by atoms with Gasteiger partial charge in [0.1, 0.15) is 195 Å². The minimum atomic E-state index is -2.25. The lowest BCUT2D eigenvalue weighted by Gasteiger charge is -2.50. The zero-order chi connectivity index (χ0) is 64.1. The Hall–Kier alpha value is -1.60. The second-order valence-electron chi connectivity index (χ2n) is 22.5. The summed E-state index contributed by atoms with van der Waals surface area (Å²) in [4.78, 5) is 0. The van der Waals surface area contributed by atoms with Gasteiger partial charge in [0.05, 0.1) is 52.9 Å². The van der Waals surface area contributed by atoms with Crippen LogP contribution in [0.15, 0.2) is 0 Å². The monoisotopic (exact) mass is 1300 g/mol. The molecule has 30 fully saturated rings. The molecule has 0 aliphatic carbocycles. The second kappa shape index (κ2) is 30.0. The van der Waals surface area contributed by atoms with Gasteiger partial charge in [-0.1, -0.05) is 0 Å². The lowest BCUT2D eigenvalue weighted by atomic mass is 9.94. The molecule has 0 saturated carbocycles. The molecule has 0 aromatic carbocycles. The summed E-state index contributed by atoms with van der Waals surface area (Å²) in [6, 6.07) is 0. The van der Waals surface area contributed by atoms with Crippen LogP contribution in [0.3, 0.4) is 0 Å². The van der Waals surface area contributed by atoms with E-state index in [1.165, 1.54) is 0 Å². The van der Waals surface area contributed by atoms with E-state index in [9.17, 15) is 123 Å². The van der Waals surface area contributed by atoms with Crippen LogP contribution in [0.4, 0.5) is 0 Å². The zero-order valence-corrected chi connectivity index (χ0v) is 46.0. The normalized spacial score (nSPS) is 55.4. The minimum Gasteiger partial charge on any atom is -0.394 e. The summed E-state index contributed by atoms with van der Waals surface area (Å²) in [7, 11) is 0. The molecule has 30 aliphatic heterocycles. The van der Waals surface area contributed by atoms with Crippen molar-refractivity contribution in [2.24, 2.45) is 0 Å². The summed E-state index contributed by atoms with van der Waals surface area (Å²) in [5.74, 6) is 0. The molecular formula is C48H80O40. The van der Waals surface area contributed by atoms with Crippen LogP contribution in [0.1, 0.15) is 0 Å². The van der Waals surface area contributed by atoms with Gasteiger partial charge in [-0.25, -0.2) is 0 Å². The lowest BCUT2D eigenvalue weighted by Crippen LogP contribution is -2.69. The third kappa shape index (κ3) is 13.8. The third-order valence-corrected chi connectivity index (χ3v) is 16.9. The average Bonchev–Trinajstić information content (AvgIpc) is 1.43. The highest BCUT2D eigenvalue weighted by Gasteiger charge is 2.60. The van der Waals surface area contributed by atoms with E-state index in [1.807, 2.05) is 0 Å². The Kier molecular flexibility index (Phi) is 24.1. The number of rotatable bonds is 8. The van der Waals surface area contributed by atoms with Gasteiger partial charge < -0.3 is 198 Å². The van der Waals surface area contributed by atoms with E-state index in [0.29, 0.717) is 0 Å². The van der Waals surface area contributed by atoms with E-state index in [0.717, 1.165) is 0 Å². The Morgan fingerprint density at radius 3 is 0.307 bits per heavy atom. The van der Waals surface area contributed by atoms with E-state index in [-0.39, 0.29) is 0 Å². The molecule has 30 rings (SSSR count). The molecule has 0 radical (unpaired) electrons. The van der Waals surface area contributed by atoms with Crippen molar-refractivity contribution in [2.45, 2.75) is 246 Å². The van der Waals surface area contributed by atoms with Crippen LogP contribution >= 0.6 is 0 Å². The van der Waals surface area contributed by atoms with E-state index >= 15 is 0 Å². The lowest BCUT2D eigenvalue weighted by molar-refractivity contribution is -0.404. The zero-order valence-electron chi connectivity index (χ0n) is 46.0. The maximum atomic E-state index is 11.4. The highest BCUT2D eigenvalue weighted by atomic mass is 16.8. The SMILES string of the molecule is OC[C@H]1OC2O[C@H]3[C@H](O)[C@@H](O)C(OC4[C@@H](CO)OC(O[C@H]5[C@H](O)[C@@H](O)C(O[C@H]6[C@H](O)[C@@H](O)C(O[C@H]7[C@H](O)[C@@H](O)C(O[C@H]8[C@H](O)[C@@H](O)C(O[C@H]9[C@H](O)[C@@H](O)C(OC1[C@H](O)[C@H]2O)O[C@@H]9CO)O[C@@H]8CO)O[C@@H]7CO)O[C@@H]6CO)O[C@@H]5CO)[C@H](O)[C@H]4O)O[C@@H]3CO. The number of hydrogen-bond donors (Lipinski definition) is 24. The summed E-state index contributed by atoms with van der Waals surface area (Å²) in [6.07, 6.45) is -82.0. The quantitative estimate of drug-likeness (QED) is 0.107. The molecule has 16 bridgehead atoms. The predicted molar refractivity (Wildman–Crippen MR) is 261 cm³/mol. The van der Waals surface area contributed by atoms with Crippen LogP contribution in [0.2, 0.25) is 0 Å². The molecule has 10 unspecified atom stereocenters. The Morgan fingerprint density at radius 2 is 0.227 bits per heavy atom. The molecule has 30 heterocycles. The van der Waals surface area contributed by atoms with Crippen LogP contribution in [-0.4, -0.2) is 421 Å². The summed E-state index contributed by atoms with van der Waals surface area (Å²) >= 11 is 0. The number of aliphatic hydroxyl groups is 24. The van der Waals surface area contributed by atoms with Crippen LogP contribution in [0.25, 0.3) is 0 Å². The van der Waals surface area contributed by atoms with Gasteiger partial charge in [-0.05, 0) is 0 Å². The highest BCUT2D eigenvalue weighted by Crippen LogP contribution is 2.40. The number of hydrogen-bond acceptors (Lipinski definition) is 40. The summed E-state index contributed by atoms with van der Waals surface area (Å²) in [5, 5.41) is 265. The topological polar surface area (TPSA) is 633 Å². The number of ether oxygens (including phenoxy) is 16. The molecule has 30 saturated heterocycles. The smallest absolute Gasteiger partial charge is 0.187 e. The van der Waals surface area contributed by atoms with Crippen LogP contribution < -0.4 is 0 Å². The Balaban J connectivity index is 0.975. The molecule has 30 aliphatic rings. The molecule has 0 spiro atoms. The van der Waals surface area contributed by atoms with E-state index in [4.69, 9.17) is 75.8 Å². The standard InChI is InChI=1S/C48H80O40/c49-1-9-33-17(57)25(65)41(73-9)82-34-10(2-50)75-43(27(67)19(34)59)84-36-12(4-52)77-45(29(69)21(36)61)86-38-14(6-54)79-47(31(71)23(38)63)88-40-16(8-56)80-48(32(72)24(40)64)87-39-15(7-55)78-46(30(70)22(39)62)85-37-13(5-53)76-44(28(68)20(37)60)83-35-11(3-51)74-42(81-33)26(66)18(35)58/h9-72H,1-8H2/t9-,10-,11-,12-,13-,14-,15-,16-,17-,18-,19-,20-,21-,22-,23-,24-,25-,26-,27-,28-,29-,30-,31-,32-,33-,34-,35-,36-,37-,38?,39?,40-,41?,42?,43?,44?,45?,46?,47?,48?/m1/s1. The average molecular weight is 1300 g/mol. The van der Waals surface area contributed by atoms with Crippen molar-refractivity contribution in [1.29, 1.82) is 0 Å². The Labute approximate surface area is 496 Å². The van der Waals surface area contributed by atoms with Gasteiger partial charge in [0, 0.05) is 0 Å². The van der Waals surface area contributed by atoms with Crippen molar-refractivity contribution in [3.05, 3.63) is 0 Å². The molecular weight excluding hydrogens is 1220 g/mol. The predicted octanol–water partition coefficient (Wildman–Crippen LogP) is -17.4. The van der Waals surface area contributed by atoms with Crippen LogP contribution in [0.5, 0.6) is 0 Å². The van der Waals surface area contributed by atoms with Crippen molar-refractivity contribution < 1.29 is 198 Å². The largest absolute Gasteiger partial charge is 0.394 e. The molecule has 40 heteroatoms. The van der Waals surface area contributed by atoms with E-state index < -0.39 is 299 Å². The van der Waals surface area contributed by atoms with Gasteiger partial charge >= 0.3 is 0 Å². The molecule has 88 heavy (non-hydrogen) atoms. The van der Waals surface area contributed by atoms with Crippen molar-refractivity contribution in [1.82, 2.24) is 0 Å². The first-order valence-corrected chi connectivity index (χ1v) is 28.1. The maximum absolute atomic E-state index is 11.4. The minimum absolute atomic E-state index is 1.08. The molecule has 0 amide bonds. The molecule has 0 aromatic rings. The molecule has 40 atom stereocenters. The Morgan fingerprint density at radius 1 is 0.136 bits per heavy atom. The first-order chi connectivity index (χ1) is 41.9. The van der Waals surface area contributed by atoms with Crippen LogP contribution in [-0.2, 0) is 75.8 Å². The van der Waals surface area contributed by atoms with Gasteiger partial charge in [0.25, 0.3) is 0 Å². The van der Waals surface area contributed by atoms with Gasteiger partial charge in [0.2, 0.25) is 0 Å². The second-order valence-corrected chi connectivity index (χ2v) is 22.5.